The van der Waals surface area contributed by atoms with Gasteiger partial charge in [-0.15, -0.1) is 0 Å². The Bertz CT molecular complexity index is 754. The lowest BCUT2D eigenvalue weighted by Crippen LogP contribution is -2.06. The van der Waals surface area contributed by atoms with Gasteiger partial charge in [-0.25, -0.2) is 8.78 Å². The molecule has 0 aliphatic heterocycles. The van der Waals surface area contributed by atoms with Crippen LogP contribution in [0.15, 0.2) is 48.5 Å². The van der Waals surface area contributed by atoms with Gasteiger partial charge < -0.3 is 5.32 Å². The summed E-state index contributed by atoms with van der Waals surface area (Å²) in [5.41, 5.74) is 1.27. The summed E-state index contributed by atoms with van der Waals surface area (Å²) in [6.45, 7) is 1.37. The highest BCUT2D eigenvalue weighted by molar-refractivity contribution is 6.07. The highest BCUT2D eigenvalue weighted by atomic mass is 19.2. The summed E-state index contributed by atoms with van der Waals surface area (Å²) in [6, 6.07) is 9.82. The molecule has 22 heavy (non-hydrogen) atoms. The second-order valence-electron chi connectivity index (χ2n) is 4.63. The first-order valence-electron chi connectivity index (χ1n) is 6.51. The quantitative estimate of drug-likeness (QED) is 0.689. The zero-order valence-corrected chi connectivity index (χ0v) is 11.8. The minimum Gasteiger partial charge on any atom is -0.326 e. The van der Waals surface area contributed by atoms with Crippen molar-refractivity contribution in [2.24, 2.45) is 0 Å². The Kier molecular flexibility index (Phi) is 4.78. The SMILES string of the molecule is CC(=O)Nc1cccc(C(=O)/C=C/c2ccc(F)c(F)c2)c1. The molecule has 0 radical (unpaired) electrons. The molecule has 1 amide bonds. The largest absolute Gasteiger partial charge is 0.326 e. The second-order valence-corrected chi connectivity index (χ2v) is 4.63. The van der Waals surface area contributed by atoms with Crippen molar-refractivity contribution in [2.75, 3.05) is 5.32 Å². The fraction of sp³-hybridized carbons (Fsp3) is 0.0588. The molecule has 0 aromatic heterocycles. The Morgan fingerprint density at radius 2 is 1.82 bits per heavy atom. The van der Waals surface area contributed by atoms with E-state index in [1.54, 1.807) is 24.3 Å². The van der Waals surface area contributed by atoms with Gasteiger partial charge in [0, 0.05) is 18.2 Å². The van der Waals surface area contributed by atoms with Crippen molar-refractivity contribution >= 4 is 23.5 Å². The zero-order valence-electron chi connectivity index (χ0n) is 11.8. The van der Waals surface area contributed by atoms with Crippen LogP contribution in [-0.4, -0.2) is 11.7 Å². The summed E-state index contributed by atoms with van der Waals surface area (Å²) >= 11 is 0. The maximum absolute atomic E-state index is 13.1. The summed E-state index contributed by atoms with van der Waals surface area (Å²) in [6.07, 6.45) is 2.66. The summed E-state index contributed by atoms with van der Waals surface area (Å²) < 4.78 is 25.9. The van der Waals surface area contributed by atoms with Crippen LogP contribution in [0.5, 0.6) is 0 Å². The molecular formula is C17H13F2NO2. The molecule has 0 fully saturated rings. The van der Waals surface area contributed by atoms with E-state index in [-0.39, 0.29) is 11.7 Å². The first-order valence-corrected chi connectivity index (χ1v) is 6.51. The number of hydrogen-bond acceptors (Lipinski definition) is 2. The Balaban J connectivity index is 2.16. The Labute approximate surface area is 126 Å². The fourth-order valence-corrected chi connectivity index (χ4v) is 1.84. The molecule has 3 nitrogen and oxygen atoms in total. The topological polar surface area (TPSA) is 46.2 Å². The summed E-state index contributed by atoms with van der Waals surface area (Å²) in [4.78, 5) is 23.0. The van der Waals surface area contributed by atoms with Crippen LogP contribution in [0.2, 0.25) is 0 Å². The van der Waals surface area contributed by atoms with Crippen LogP contribution < -0.4 is 5.32 Å². The molecule has 0 heterocycles. The van der Waals surface area contributed by atoms with E-state index in [1.165, 1.54) is 25.1 Å². The summed E-state index contributed by atoms with van der Waals surface area (Å²) in [5.74, 6) is -2.45. The highest BCUT2D eigenvalue weighted by Crippen LogP contribution is 2.14. The molecule has 2 rings (SSSR count). The number of carbonyl (C=O) groups excluding carboxylic acids is 2. The van der Waals surface area contributed by atoms with E-state index in [1.807, 2.05) is 0 Å². The average Bonchev–Trinajstić information content (AvgIpc) is 2.48. The smallest absolute Gasteiger partial charge is 0.221 e. The van der Waals surface area contributed by atoms with Crippen LogP contribution in [0.25, 0.3) is 6.08 Å². The minimum absolute atomic E-state index is 0.234. The van der Waals surface area contributed by atoms with E-state index in [0.717, 1.165) is 12.1 Å². The standard InChI is InChI=1S/C17H13F2NO2/c1-11(21)20-14-4-2-3-13(10-14)17(22)8-6-12-5-7-15(18)16(19)9-12/h2-10H,1H3,(H,20,21)/b8-6+. The monoisotopic (exact) mass is 301 g/mol. The van der Waals surface area contributed by atoms with E-state index in [2.05, 4.69) is 5.32 Å². The number of benzene rings is 2. The third-order valence-corrected chi connectivity index (χ3v) is 2.84. The second kappa shape index (κ2) is 6.76. The number of carbonyl (C=O) groups is 2. The first kappa shape index (κ1) is 15.6. The van der Waals surface area contributed by atoms with E-state index in [9.17, 15) is 18.4 Å². The van der Waals surface area contributed by atoms with Crippen LogP contribution in [-0.2, 0) is 4.79 Å². The van der Waals surface area contributed by atoms with Gasteiger partial charge in [-0.3, -0.25) is 9.59 Å². The predicted molar refractivity (Wildman–Crippen MR) is 80.5 cm³/mol. The van der Waals surface area contributed by atoms with Crippen LogP contribution in [0, 0.1) is 11.6 Å². The fourth-order valence-electron chi connectivity index (χ4n) is 1.84. The van der Waals surface area contributed by atoms with Gasteiger partial charge >= 0.3 is 0 Å². The Morgan fingerprint density at radius 1 is 1.05 bits per heavy atom. The molecule has 0 saturated carbocycles. The van der Waals surface area contributed by atoms with Crippen molar-refractivity contribution in [1.82, 2.24) is 0 Å². The van der Waals surface area contributed by atoms with Crippen LogP contribution in [0.1, 0.15) is 22.8 Å². The Hall–Kier alpha value is -2.82. The molecule has 5 heteroatoms. The van der Waals surface area contributed by atoms with Gasteiger partial charge in [0.1, 0.15) is 0 Å². The van der Waals surface area contributed by atoms with Crippen molar-refractivity contribution in [3.05, 3.63) is 71.3 Å². The van der Waals surface area contributed by atoms with Crippen LogP contribution in [0.4, 0.5) is 14.5 Å². The number of ketones is 1. The van der Waals surface area contributed by atoms with Gasteiger partial charge in [0.05, 0.1) is 0 Å². The molecule has 0 spiro atoms. The Morgan fingerprint density at radius 3 is 2.50 bits per heavy atom. The molecule has 0 aliphatic rings. The zero-order chi connectivity index (χ0) is 16.1. The van der Waals surface area contributed by atoms with Crippen molar-refractivity contribution in [1.29, 1.82) is 0 Å². The predicted octanol–water partition coefficient (Wildman–Crippen LogP) is 3.82. The molecule has 0 atom stereocenters. The van der Waals surface area contributed by atoms with Gasteiger partial charge in [-0.2, -0.15) is 0 Å². The molecule has 2 aromatic carbocycles. The third kappa shape index (κ3) is 4.09. The average molecular weight is 301 g/mol. The normalized spacial score (nSPS) is 10.7. The molecule has 0 unspecified atom stereocenters. The van der Waals surface area contributed by atoms with Gasteiger partial charge in [-0.05, 0) is 35.9 Å². The number of amides is 1. The van der Waals surface area contributed by atoms with Crippen molar-refractivity contribution in [3.63, 3.8) is 0 Å². The number of anilines is 1. The molecular weight excluding hydrogens is 288 g/mol. The molecule has 2 aromatic rings. The third-order valence-electron chi connectivity index (χ3n) is 2.84. The first-order chi connectivity index (χ1) is 10.5. The number of rotatable bonds is 4. The lowest BCUT2D eigenvalue weighted by atomic mass is 10.1. The number of hydrogen-bond donors (Lipinski definition) is 1. The van der Waals surface area contributed by atoms with Crippen LogP contribution >= 0.6 is 0 Å². The molecule has 112 valence electrons. The molecule has 0 saturated heterocycles. The van der Waals surface area contributed by atoms with Crippen molar-refractivity contribution in [3.8, 4) is 0 Å². The van der Waals surface area contributed by atoms with E-state index < -0.39 is 11.6 Å². The summed E-state index contributed by atoms with van der Waals surface area (Å²) in [5, 5.41) is 2.58. The van der Waals surface area contributed by atoms with E-state index >= 15 is 0 Å². The summed E-state index contributed by atoms with van der Waals surface area (Å²) in [7, 11) is 0. The highest BCUT2D eigenvalue weighted by Gasteiger charge is 2.05. The van der Waals surface area contributed by atoms with Crippen LogP contribution in [0.3, 0.4) is 0 Å². The number of nitrogens with one attached hydrogen (secondary N) is 1. The van der Waals surface area contributed by atoms with Crippen molar-refractivity contribution < 1.29 is 18.4 Å². The van der Waals surface area contributed by atoms with Gasteiger partial charge in [0.15, 0.2) is 17.4 Å². The maximum Gasteiger partial charge on any atom is 0.221 e. The van der Waals surface area contributed by atoms with Crippen molar-refractivity contribution in [2.45, 2.75) is 6.92 Å². The number of halogens is 2. The number of allylic oxidation sites excluding steroid dienone is 1. The lowest BCUT2D eigenvalue weighted by molar-refractivity contribution is -0.114. The lowest BCUT2D eigenvalue weighted by Gasteiger charge is -2.03. The molecule has 1 N–H and O–H groups in total. The molecule has 0 bridgehead atoms. The van der Waals surface area contributed by atoms with E-state index in [0.29, 0.717) is 16.8 Å². The van der Waals surface area contributed by atoms with E-state index in [4.69, 9.17) is 0 Å². The minimum atomic E-state index is -0.970. The van der Waals surface area contributed by atoms with Gasteiger partial charge in [0.2, 0.25) is 5.91 Å². The van der Waals surface area contributed by atoms with Gasteiger partial charge in [0.25, 0.3) is 0 Å². The molecule has 0 aliphatic carbocycles. The maximum atomic E-state index is 13.1. The van der Waals surface area contributed by atoms with Gasteiger partial charge in [-0.1, -0.05) is 24.3 Å².